The molecular formula is C12H16BrClN2O. The Morgan fingerprint density at radius 3 is 2.88 bits per heavy atom. The second-order valence-electron chi connectivity index (χ2n) is 3.85. The van der Waals surface area contributed by atoms with Crippen molar-refractivity contribution in [2.24, 2.45) is 0 Å². The topological polar surface area (TPSA) is 41.1 Å². The van der Waals surface area contributed by atoms with Crippen LogP contribution < -0.4 is 10.6 Å². The van der Waals surface area contributed by atoms with Crippen molar-refractivity contribution in [3.8, 4) is 0 Å². The molecule has 0 aromatic heterocycles. The lowest BCUT2D eigenvalue weighted by atomic mass is 10.2. The van der Waals surface area contributed by atoms with Gasteiger partial charge in [-0.3, -0.25) is 4.79 Å². The van der Waals surface area contributed by atoms with E-state index in [1.54, 1.807) is 12.1 Å². The third kappa shape index (κ3) is 4.96. The number of nitrogens with one attached hydrogen (secondary N) is 2. The molecule has 1 atom stereocenters. The Balaban J connectivity index is 2.50. The minimum Gasteiger partial charge on any atom is -0.375 e. The van der Waals surface area contributed by atoms with Gasteiger partial charge in [0.05, 0.1) is 12.2 Å². The number of benzene rings is 1. The van der Waals surface area contributed by atoms with Gasteiger partial charge in [0.1, 0.15) is 0 Å². The minimum absolute atomic E-state index is 0.0220. The third-order valence-corrected chi connectivity index (χ3v) is 3.31. The van der Waals surface area contributed by atoms with E-state index in [2.05, 4.69) is 26.6 Å². The van der Waals surface area contributed by atoms with Crippen molar-refractivity contribution in [3.05, 3.63) is 27.7 Å². The van der Waals surface area contributed by atoms with E-state index in [1.165, 1.54) is 0 Å². The monoisotopic (exact) mass is 318 g/mol. The van der Waals surface area contributed by atoms with Gasteiger partial charge < -0.3 is 10.6 Å². The summed E-state index contributed by atoms with van der Waals surface area (Å²) in [6.45, 7) is 4.25. The molecule has 0 aliphatic rings. The third-order valence-electron chi connectivity index (χ3n) is 2.39. The number of amides is 1. The Morgan fingerprint density at radius 2 is 2.24 bits per heavy atom. The van der Waals surface area contributed by atoms with Crippen LogP contribution >= 0.6 is 27.5 Å². The van der Waals surface area contributed by atoms with Crippen LogP contribution in [0.3, 0.4) is 0 Å². The molecule has 1 unspecified atom stereocenters. The summed E-state index contributed by atoms with van der Waals surface area (Å²) in [5, 5.41) is 6.56. The van der Waals surface area contributed by atoms with E-state index in [9.17, 15) is 4.79 Å². The maximum absolute atomic E-state index is 11.6. The van der Waals surface area contributed by atoms with Gasteiger partial charge in [0.2, 0.25) is 5.91 Å². The highest BCUT2D eigenvalue weighted by atomic mass is 79.9. The highest BCUT2D eigenvalue weighted by molar-refractivity contribution is 9.10. The standard InChI is InChI=1S/C12H16BrClN2O/c1-3-8(2)16-12(17)7-15-11-6-9(14)4-5-10(11)13/h4-6,8,15H,3,7H2,1-2H3,(H,16,17). The fourth-order valence-corrected chi connectivity index (χ4v) is 1.80. The van der Waals surface area contributed by atoms with E-state index >= 15 is 0 Å². The van der Waals surface area contributed by atoms with Crippen LogP contribution in [-0.4, -0.2) is 18.5 Å². The lowest BCUT2D eigenvalue weighted by Gasteiger charge is -2.13. The quantitative estimate of drug-likeness (QED) is 0.873. The number of carbonyl (C=O) groups is 1. The fourth-order valence-electron chi connectivity index (χ4n) is 1.24. The zero-order valence-electron chi connectivity index (χ0n) is 9.89. The van der Waals surface area contributed by atoms with Gasteiger partial charge in [0.25, 0.3) is 0 Å². The summed E-state index contributed by atoms with van der Waals surface area (Å²) in [5.41, 5.74) is 0.816. The fraction of sp³-hybridized carbons (Fsp3) is 0.417. The Hall–Kier alpha value is -0.740. The molecule has 0 fully saturated rings. The zero-order chi connectivity index (χ0) is 12.8. The van der Waals surface area contributed by atoms with Gasteiger partial charge in [0.15, 0.2) is 0 Å². The second-order valence-corrected chi connectivity index (χ2v) is 5.15. The molecule has 94 valence electrons. The highest BCUT2D eigenvalue weighted by Crippen LogP contribution is 2.25. The molecule has 0 bridgehead atoms. The number of anilines is 1. The van der Waals surface area contributed by atoms with Crippen molar-refractivity contribution in [3.63, 3.8) is 0 Å². The summed E-state index contributed by atoms with van der Waals surface area (Å²) in [6, 6.07) is 5.61. The smallest absolute Gasteiger partial charge is 0.239 e. The molecule has 0 saturated carbocycles. The summed E-state index contributed by atoms with van der Waals surface area (Å²) < 4.78 is 0.887. The van der Waals surface area contributed by atoms with Gasteiger partial charge in [-0.05, 0) is 47.5 Å². The van der Waals surface area contributed by atoms with Gasteiger partial charge in [0, 0.05) is 15.5 Å². The molecule has 0 radical (unpaired) electrons. The molecule has 1 aromatic carbocycles. The number of halogens is 2. The molecule has 0 spiro atoms. The molecule has 1 aromatic rings. The average molecular weight is 320 g/mol. The molecule has 0 aliphatic heterocycles. The van der Waals surface area contributed by atoms with Crippen LogP contribution in [0.15, 0.2) is 22.7 Å². The van der Waals surface area contributed by atoms with E-state index in [1.807, 2.05) is 19.9 Å². The Morgan fingerprint density at radius 1 is 1.53 bits per heavy atom. The van der Waals surface area contributed by atoms with Crippen molar-refractivity contribution in [2.45, 2.75) is 26.3 Å². The zero-order valence-corrected chi connectivity index (χ0v) is 12.2. The van der Waals surface area contributed by atoms with Gasteiger partial charge in [-0.2, -0.15) is 0 Å². The molecule has 17 heavy (non-hydrogen) atoms. The van der Waals surface area contributed by atoms with Gasteiger partial charge >= 0.3 is 0 Å². The first-order valence-electron chi connectivity index (χ1n) is 5.51. The molecular weight excluding hydrogens is 304 g/mol. The van der Waals surface area contributed by atoms with Crippen LogP contribution in [0, 0.1) is 0 Å². The number of hydrogen-bond acceptors (Lipinski definition) is 2. The van der Waals surface area contributed by atoms with Crippen molar-refractivity contribution in [1.29, 1.82) is 0 Å². The van der Waals surface area contributed by atoms with Crippen molar-refractivity contribution in [2.75, 3.05) is 11.9 Å². The van der Waals surface area contributed by atoms with Crippen LogP contribution in [0.2, 0.25) is 5.02 Å². The van der Waals surface area contributed by atoms with Crippen LogP contribution in [0.5, 0.6) is 0 Å². The van der Waals surface area contributed by atoms with Crippen LogP contribution in [0.25, 0.3) is 0 Å². The minimum atomic E-state index is -0.0220. The maximum atomic E-state index is 11.6. The molecule has 3 nitrogen and oxygen atoms in total. The van der Waals surface area contributed by atoms with E-state index in [0.717, 1.165) is 16.6 Å². The predicted molar refractivity (Wildman–Crippen MR) is 75.5 cm³/mol. The Kier molecular flexibility index (Phi) is 5.78. The van der Waals surface area contributed by atoms with E-state index in [4.69, 9.17) is 11.6 Å². The average Bonchev–Trinajstić information content (AvgIpc) is 2.30. The summed E-state index contributed by atoms with van der Waals surface area (Å²) in [5.74, 6) is -0.0220. The number of hydrogen-bond donors (Lipinski definition) is 2. The second kappa shape index (κ2) is 6.87. The van der Waals surface area contributed by atoms with Crippen molar-refractivity contribution < 1.29 is 4.79 Å². The highest BCUT2D eigenvalue weighted by Gasteiger charge is 2.06. The summed E-state index contributed by atoms with van der Waals surface area (Å²) in [4.78, 5) is 11.6. The van der Waals surface area contributed by atoms with Crippen LogP contribution in [-0.2, 0) is 4.79 Å². The first-order chi connectivity index (χ1) is 8.02. The van der Waals surface area contributed by atoms with Crippen LogP contribution in [0.4, 0.5) is 5.69 Å². The molecule has 0 aliphatic carbocycles. The molecule has 5 heteroatoms. The van der Waals surface area contributed by atoms with Crippen molar-refractivity contribution >= 4 is 39.1 Å². The molecule has 1 rings (SSSR count). The van der Waals surface area contributed by atoms with Gasteiger partial charge in [-0.25, -0.2) is 0 Å². The number of carbonyl (C=O) groups excluding carboxylic acids is 1. The normalized spacial score (nSPS) is 12.0. The number of rotatable bonds is 5. The maximum Gasteiger partial charge on any atom is 0.239 e. The summed E-state index contributed by atoms with van der Waals surface area (Å²) >= 11 is 9.27. The van der Waals surface area contributed by atoms with Gasteiger partial charge in [-0.1, -0.05) is 18.5 Å². The Labute approximate surface area is 115 Å². The summed E-state index contributed by atoms with van der Waals surface area (Å²) in [6.07, 6.45) is 0.923. The predicted octanol–water partition coefficient (Wildman–Crippen LogP) is 3.43. The molecule has 0 heterocycles. The van der Waals surface area contributed by atoms with Gasteiger partial charge in [-0.15, -0.1) is 0 Å². The molecule has 2 N–H and O–H groups in total. The first-order valence-corrected chi connectivity index (χ1v) is 6.68. The largest absolute Gasteiger partial charge is 0.375 e. The lowest BCUT2D eigenvalue weighted by Crippen LogP contribution is -2.36. The van der Waals surface area contributed by atoms with E-state index < -0.39 is 0 Å². The van der Waals surface area contributed by atoms with E-state index in [0.29, 0.717) is 5.02 Å². The van der Waals surface area contributed by atoms with E-state index in [-0.39, 0.29) is 18.5 Å². The SMILES string of the molecule is CCC(C)NC(=O)CNc1cc(Cl)ccc1Br. The molecule has 1 amide bonds. The lowest BCUT2D eigenvalue weighted by molar-refractivity contribution is -0.120. The first kappa shape index (κ1) is 14.3. The molecule has 0 saturated heterocycles. The Bertz CT molecular complexity index is 398. The van der Waals surface area contributed by atoms with Crippen LogP contribution in [0.1, 0.15) is 20.3 Å². The summed E-state index contributed by atoms with van der Waals surface area (Å²) in [7, 11) is 0. The van der Waals surface area contributed by atoms with Crippen molar-refractivity contribution in [1.82, 2.24) is 5.32 Å².